The van der Waals surface area contributed by atoms with Gasteiger partial charge in [0.25, 0.3) is 0 Å². The lowest BCUT2D eigenvalue weighted by Crippen LogP contribution is -2.06. The summed E-state index contributed by atoms with van der Waals surface area (Å²) in [6.07, 6.45) is 0.896. The Bertz CT molecular complexity index is 384. The summed E-state index contributed by atoms with van der Waals surface area (Å²) < 4.78 is 0. The van der Waals surface area contributed by atoms with E-state index in [1.54, 1.807) is 0 Å². The highest BCUT2D eigenvalue weighted by Crippen LogP contribution is 2.32. The van der Waals surface area contributed by atoms with Crippen molar-refractivity contribution in [1.82, 2.24) is 0 Å². The van der Waals surface area contributed by atoms with Gasteiger partial charge in [-0.15, -0.1) is 0 Å². The van der Waals surface area contributed by atoms with E-state index in [1.165, 1.54) is 11.8 Å². The van der Waals surface area contributed by atoms with Crippen LogP contribution in [-0.2, 0) is 10.5 Å². The van der Waals surface area contributed by atoms with Gasteiger partial charge < -0.3 is 5.11 Å². The zero-order valence-electron chi connectivity index (χ0n) is 12.9. The van der Waals surface area contributed by atoms with Crippen molar-refractivity contribution < 1.29 is 9.90 Å². The first-order valence-corrected chi connectivity index (χ1v) is 7.91. The third-order valence-corrected chi connectivity index (χ3v) is 2.95. The number of benzene rings is 1. The molecule has 3 heteroatoms. The minimum absolute atomic E-state index is 0.0544. The molecule has 0 radical (unpaired) electrons. The molecule has 1 aromatic carbocycles. The largest absolute Gasteiger partial charge is 0.515 e. The molecule has 0 saturated carbocycles. The second-order valence-electron chi connectivity index (χ2n) is 2.78. The van der Waals surface area contributed by atoms with E-state index in [2.05, 4.69) is 0 Å². The summed E-state index contributed by atoms with van der Waals surface area (Å²) in [4.78, 5) is 11.3. The SMILES string of the molecule is CC.CC.CC.O=C1SCc2ccccc2/C1=C/O. The Labute approximate surface area is 121 Å². The molecule has 0 aromatic heterocycles. The number of carbonyl (C=O) groups is 1. The Morgan fingerprint density at radius 3 is 2.11 bits per heavy atom. The van der Waals surface area contributed by atoms with Crippen LogP contribution in [0.1, 0.15) is 52.7 Å². The first-order valence-electron chi connectivity index (χ1n) is 6.92. The third kappa shape index (κ3) is 5.97. The maximum absolute atomic E-state index is 11.3. The first kappa shape index (κ1) is 20.1. The third-order valence-electron chi connectivity index (χ3n) is 2.02. The summed E-state index contributed by atoms with van der Waals surface area (Å²) in [5.41, 5.74) is 2.37. The van der Waals surface area contributed by atoms with E-state index in [0.29, 0.717) is 11.3 Å². The smallest absolute Gasteiger partial charge is 0.223 e. The van der Waals surface area contributed by atoms with Gasteiger partial charge in [0.05, 0.1) is 11.8 Å². The van der Waals surface area contributed by atoms with Crippen LogP contribution in [0.2, 0.25) is 0 Å². The Morgan fingerprint density at radius 1 is 1.05 bits per heavy atom. The molecular weight excluding hydrogens is 256 g/mol. The molecule has 19 heavy (non-hydrogen) atoms. The van der Waals surface area contributed by atoms with Crippen LogP contribution in [0.15, 0.2) is 30.5 Å². The lowest BCUT2D eigenvalue weighted by atomic mass is 10.0. The predicted octanol–water partition coefficient (Wildman–Crippen LogP) is 5.44. The molecule has 0 atom stereocenters. The van der Waals surface area contributed by atoms with Gasteiger partial charge in [-0.3, -0.25) is 4.79 Å². The van der Waals surface area contributed by atoms with Crippen LogP contribution in [0.3, 0.4) is 0 Å². The van der Waals surface area contributed by atoms with E-state index >= 15 is 0 Å². The lowest BCUT2D eigenvalue weighted by molar-refractivity contribution is -0.106. The van der Waals surface area contributed by atoms with E-state index < -0.39 is 0 Å². The van der Waals surface area contributed by atoms with Crippen LogP contribution in [-0.4, -0.2) is 10.2 Å². The summed E-state index contributed by atoms with van der Waals surface area (Å²) in [6, 6.07) is 7.63. The second kappa shape index (κ2) is 13.2. The van der Waals surface area contributed by atoms with E-state index in [1.807, 2.05) is 65.8 Å². The summed E-state index contributed by atoms with van der Waals surface area (Å²) in [5.74, 6) is 0.701. The standard InChI is InChI=1S/C10H8O2S.3C2H6/c11-5-9-8-4-2-1-3-7(8)6-13-10(9)12;3*1-2/h1-5,11H,6H2;3*1-2H3/b9-5-;;;. The highest BCUT2D eigenvalue weighted by atomic mass is 32.2. The van der Waals surface area contributed by atoms with Crippen molar-refractivity contribution in [1.29, 1.82) is 0 Å². The molecule has 108 valence electrons. The fourth-order valence-electron chi connectivity index (χ4n) is 1.36. The molecule has 0 spiro atoms. The maximum atomic E-state index is 11.3. The van der Waals surface area contributed by atoms with Crippen molar-refractivity contribution in [2.45, 2.75) is 47.3 Å². The van der Waals surface area contributed by atoms with Crippen LogP contribution in [0.5, 0.6) is 0 Å². The molecule has 0 amide bonds. The monoisotopic (exact) mass is 282 g/mol. The molecule has 0 fully saturated rings. The molecule has 2 rings (SSSR count). The van der Waals surface area contributed by atoms with Crippen LogP contribution in [0, 0.1) is 0 Å². The summed E-state index contributed by atoms with van der Waals surface area (Å²) in [6.45, 7) is 12.0. The number of carbonyl (C=O) groups excluding carboxylic acids is 1. The number of thioether (sulfide) groups is 1. The van der Waals surface area contributed by atoms with Crippen molar-refractivity contribution >= 4 is 22.5 Å². The minimum atomic E-state index is -0.0544. The first-order chi connectivity index (χ1) is 9.33. The zero-order valence-corrected chi connectivity index (χ0v) is 13.7. The number of hydrogen-bond acceptors (Lipinski definition) is 3. The summed E-state index contributed by atoms with van der Waals surface area (Å²) in [7, 11) is 0. The van der Waals surface area contributed by atoms with E-state index in [-0.39, 0.29) is 5.12 Å². The molecule has 1 aliphatic rings. The van der Waals surface area contributed by atoms with Gasteiger partial charge in [-0.25, -0.2) is 0 Å². The fourth-order valence-corrected chi connectivity index (χ4v) is 2.22. The fraction of sp³-hybridized carbons (Fsp3) is 0.438. The van der Waals surface area contributed by atoms with Crippen molar-refractivity contribution in [3.05, 3.63) is 41.7 Å². The van der Waals surface area contributed by atoms with Gasteiger partial charge in [-0.1, -0.05) is 77.6 Å². The van der Waals surface area contributed by atoms with Crippen LogP contribution >= 0.6 is 11.8 Å². The van der Waals surface area contributed by atoms with Gasteiger partial charge in [0.15, 0.2) is 0 Å². The normalized spacial score (nSPS) is 13.8. The summed E-state index contributed by atoms with van der Waals surface area (Å²) in [5, 5.41) is 8.86. The molecule has 0 bridgehead atoms. The van der Waals surface area contributed by atoms with Crippen LogP contribution in [0.4, 0.5) is 0 Å². The Balaban J connectivity index is 0. The molecule has 1 aromatic rings. The van der Waals surface area contributed by atoms with Crippen molar-refractivity contribution in [2.75, 3.05) is 0 Å². The van der Waals surface area contributed by atoms with Gasteiger partial charge in [0.2, 0.25) is 5.12 Å². The van der Waals surface area contributed by atoms with Gasteiger partial charge in [-0.05, 0) is 11.1 Å². The molecule has 0 aliphatic carbocycles. The van der Waals surface area contributed by atoms with Gasteiger partial charge in [0, 0.05) is 5.75 Å². The van der Waals surface area contributed by atoms with Crippen molar-refractivity contribution in [2.24, 2.45) is 0 Å². The Morgan fingerprint density at radius 2 is 1.58 bits per heavy atom. The minimum Gasteiger partial charge on any atom is -0.515 e. The molecule has 0 unspecified atom stereocenters. The molecule has 1 aliphatic heterocycles. The average molecular weight is 282 g/mol. The average Bonchev–Trinajstić information content (AvgIpc) is 2.53. The molecule has 0 saturated heterocycles. The molecular formula is C16H26O2S. The van der Waals surface area contributed by atoms with E-state index in [0.717, 1.165) is 17.4 Å². The second-order valence-corrected chi connectivity index (χ2v) is 3.72. The molecule has 2 nitrogen and oxygen atoms in total. The molecule has 1 N–H and O–H groups in total. The van der Waals surface area contributed by atoms with Crippen molar-refractivity contribution in [3.63, 3.8) is 0 Å². The quantitative estimate of drug-likeness (QED) is 0.508. The number of aliphatic hydroxyl groups is 1. The molecule has 1 heterocycles. The highest BCUT2D eigenvalue weighted by molar-refractivity contribution is 8.14. The Kier molecular flexibility index (Phi) is 14.0. The highest BCUT2D eigenvalue weighted by Gasteiger charge is 2.21. The van der Waals surface area contributed by atoms with E-state index in [9.17, 15) is 4.79 Å². The zero-order chi connectivity index (χ0) is 15.3. The van der Waals surface area contributed by atoms with E-state index in [4.69, 9.17) is 5.11 Å². The Hall–Kier alpha value is -1.22. The number of rotatable bonds is 0. The van der Waals surface area contributed by atoms with Crippen molar-refractivity contribution in [3.8, 4) is 0 Å². The van der Waals surface area contributed by atoms with Gasteiger partial charge in [-0.2, -0.15) is 0 Å². The number of hydrogen-bond donors (Lipinski definition) is 1. The van der Waals surface area contributed by atoms with Gasteiger partial charge in [0.1, 0.15) is 0 Å². The number of fused-ring (bicyclic) bond motifs is 1. The predicted molar refractivity (Wildman–Crippen MR) is 87.4 cm³/mol. The topological polar surface area (TPSA) is 37.3 Å². The van der Waals surface area contributed by atoms with Crippen LogP contribution < -0.4 is 0 Å². The number of aliphatic hydroxyl groups excluding tert-OH is 1. The summed E-state index contributed by atoms with van der Waals surface area (Å²) >= 11 is 1.23. The maximum Gasteiger partial charge on any atom is 0.223 e. The van der Waals surface area contributed by atoms with Crippen LogP contribution in [0.25, 0.3) is 5.57 Å². The van der Waals surface area contributed by atoms with Gasteiger partial charge >= 0.3 is 0 Å². The lowest BCUT2D eigenvalue weighted by Gasteiger charge is -2.15.